The molecule has 2 heterocycles. The molecule has 3 aromatic carbocycles. The lowest BCUT2D eigenvalue weighted by Gasteiger charge is -2.27. The molecule has 0 spiro atoms. The molecule has 0 saturated carbocycles. The van der Waals surface area contributed by atoms with Crippen molar-refractivity contribution in [1.29, 1.82) is 5.41 Å². The van der Waals surface area contributed by atoms with Crippen molar-refractivity contribution in [2.75, 3.05) is 20.3 Å². The van der Waals surface area contributed by atoms with Gasteiger partial charge in [-0.3, -0.25) is 25.2 Å². The number of carbonyl (C=O) groups is 1. The molecule has 0 aromatic heterocycles. The molecule has 0 aliphatic carbocycles. The molecule has 10 nitrogen and oxygen atoms in total. The third kappa shape index (κ3) is 5.53. The van der Waals surface area contributed by atoms with Crippen LogP contribution in [0.5, 0.6) is 17.2 Å². The molecule has 196 valence electrons. The predicted octanol–water partition coefficient (Wildman–Crippen LogP) is 5.37. The topological polar surface area (TPSA) is 127 Å². The van der Waals surface area contributed by atoms with Crippen LogP contribution in [0.2, 0.25) is 0 Å². The first-order chi connectivity index (χ1) is 18.9. The van der Waals surface area contributed by atoms with Crippen molar-refractivity contribution in [2.45, 2.75) is 0 Å². The smallest absolute Gasteiger partial charge is 0.283 e. The monoisotopic (exact) mass is 542 g/mol. The van der Waals surface area contributed by atoms with Crippen LogP contribution in [0.4, 0.5) is 5.69 Å². The minimum Gasteiger partial charge on any atom is -0.493 e. The molecule has 0 bridgehead atoms. The van der Waals surface area contributed by atoms with Gasteiger partial charge in [-0.2, -0.15) is 4.99 Å². The van der Waals surface area contributed by atoms with Crippen LogP contribution in [-0.2, 0) is 4.79 Å². The maximum Gasteiger partial charge on any atom is 0.283 e. The average molecular weight is 543 g/mol. The fraction of sp³-hybridized carbons (Fsp3) is 0.107. The number of fused-ring (bicyclic) bond motifs is 1. The number of benzene rings is 3. The van der Waals surface area contributed by atoms with Crippen molar-refractivity contribution in [3.8, 4) is 17.2 Å². The van der Waals surface area contributed by atoms with Crippen molar-refractivity contribution in [3.63, 3.8) is 0 Å². The van der Waals surface area contributed by atoms with E-state index in [9.17, 15) is 14.9 Å². The summed E-state index contributed by atoms with van der Waals surface area (Å²) >= 11 is 1.31. The normalized spacial score (nSPS) is 15.5. The number of amidine groups is 2. The van der Waals surface area contributed by atoms with Gasteiger partial charge in [-0.05, 0) is 41.5 Å². The van der Waals surface area contributed by atoms with Crippen molar-refractivity contribution in [3.05, 3.63) is 105 Å². The fourth-order valence-electron chi connectivity index (χ4n) is 3.95. The van der Waals surface area contributed by atoms with E-state index in [0.29, 0.717) is 28.0 Å². The summed E-state index contributed by atoms with van der Waals surface area (Å²) in [5.41, 5.74) is 2.51. The second-order valence-electron chi connectivity index (χ2n) is 8.29. The Balaban J connectivity index is 1.27. The van der Waals surface area contributed by atoms with Crippen molar-refractivity contribution in [2.24, 2.45) is 4.99 Å². The molecule has 2 aliphatic heterocycles. The number of amides is 1. The van der Waals surface area contributed by atoms with Crippen LogP contribution in [0.1, 0.15) is 11.1 Å². The summed E-state index contributed by atoms with van der Waals surface area (Å²) in [6, 6.07) is 20.6. The van der Waals surface area contributed by atoms with E-state index in [2.05, 4.69) is 4.99 Å². The number of ether oxygens (including phenoxy) is 3. The first-order valence-corrected chi connectivity index (χ1v) is 12.7. The van der Waals surface area contributed by atoms with Gasteiger partial charge in [0.1, 0.15) is 24.8 Å². The summed E-state index contributed by atoms with van der Waals surface area (Å²) in [6.07, 6.45) is 1.61. The Labute approximate surface area is 227 Å². The quantitative estimate of drug-likeness (QED) is 0.166. The van der Waals surface area contributed by atoms with Crippen LogP contribution in [-0.4, -0.2) is 47.1 Å². The highest BCUT2D eigenvalue weighted by Crippen LogP contribution is 2.37. The molecule has 3 aromatic rings. The summed E-state index contributed by atoms with van der Waals surface area (Å²) in [6.45, 7) is 0.416. The van der Waals surface area contributed by atoms with Gasteiger partial charge in [-0.15, -0.1) is 0 Å². The first-order valence-electron chi connectivity index (χ1n) is 11.8. The highest BCUT2D eigenvalue weighted by molar-refractivity contribution is 8.17. The number of nitrogens with zero attached hydrogens (tertiary/aromatic N) is 3. The Bertz CT molecular complexity index is 1530. The molecule has 0 radical (unpaired) electrons. The largest absolute Gasteiger partial charge is 0.493 e. The van der Waals surface area contributed by atoms with E-state index < -0.39 is 10.8 Å². The lowest BCUT2D eigenvalue weighted by molar-refractivity contribution is -0.384. The molecule has 2 aliphatic rings. The van der Waals surface area contributed by atoms with Crippen LogP contribution in [0, 0.1) is 15.5 Å². The van der Waals surface area contributed by atoms with Gasteiger partial charge >= 0.3 is 0 Å². The SMILES string of the molecule is COc1cc(C=C2C(=N)N3C(c4ccccc4)=CSC3=NC2=O)ccc1OCCOc1ccc([N+](=O)[O-])cc1. The van der Waals surface area contributed by atoms with Crippen LogP contribution >= 0.6 is 11.8 Å². The average Bonchev–Trinajstić information content (AvgIpc) is 3.38. The zero-order chi connectivity index (χ0) is 27.4. The summed E-state index contributed by atoms with van der Waals surface area (Å²) in [5.74, 6) is 0.977. The first kappa shape index (κ1) is 25.7. The molecular weight excluding hydrogens is 520 g/mol. The number of hydrogen-bond donors (Lipinski definition) is 1. The van der Waals surface area contributed by atoms with E-state index in [1.54, 1.807) is 29.2 Å². The number of non-ortho nitro benzene ring substituents is 1. The van der Waals surface area contributed by atoms with Gasteiger partial charge in [0.05, 0.1) is 23.3 Å². The number of hydrogen-bond acceptors (Lipinski definition) is 8. The van der Waals surface area contributed by atoms with Crippen LogP contribution in [0.25, 0.3) is 11.8 Å². The van der Waals surface area contributed by atoms with E-state index in [-0.39, 0.29) is 30.3 Å². The number of rotatable bonds is 9. The molecule has 0 saturated heterocycles. The van der Waals surface area contributed by atoms with Gasteiger partial charge < -0.3 is 14.2 Å². The number of nitro groups is 1. The zero-order valence-corrected chi connectivity index (χ0v) is 21.5. The highest BCUT2D eigenvalue weighted by Gasteiger charge is 2.36. The third-order valence-corrected chi connectivity index (χ3v) is 6.67. The summed E-state index contributed by atoms with van der Waals surface area (Å²) in [7, 11) is 1.51. The molecule has 5 rings (SSSR count). The number of methoxy groups -OCH3 is 1. The number of aliphatic imine (C=N–C) groups is 1. The Kier molecular flexibility index (Phi) is 7.41. The van der Waals surface area contributed by atoms with Crippen LogP contribution in [0.15, 0.2) is 88.8 Å². The van der Waals surface area contributed by atoms with Gasteiger partial charge in [0.15, 0.2) is 16.7 Å². The Morgan fingerprint density at radius 3 is 2.49 bits per heavy atom. The highest BCUT2D eigenvalue weighted by atomic mass is 32.2. The van der Waals surface area contributed by atoms with Gasteiger partial charge in [0.25, 0.3) is 11.6 Å². The molecule has 0 atom stereocenters. The Morgan fingerprint density at radius 1 is 1.03 bits per heavy atom. The minimum atomic E-state index is -0.482. The minimum absolute atomic E-state index is 0.0110. The fourth-order valence-corrected chi connectivity index (χ4v) is 4.84. The van der Waals surface area contributed by atoms with Gasteiger partial charge in [0.2, 0.25) is 0 Å². The van der Waals surface area contributed by atoms with Crippen LogP contribution in [0.3, 0.4) is 0 Å². The summed E-state index contributed by atoms with van der Waals surface area (Å²) in [4.78, 5) is 29.0. The van der Waals surface area contributed by atoms with Gasteiger partial charge in [-0.25, -0.2) is 0 Å². The number of thioether (sulfide) groups is 1. The molecular formula is C28H22N4O6S. The number of nitro benzene ring substituents is 1. The Morgan fingerprint density at radius 2 is 1.77 bits per heavy atom. The standard InChI is InChI=1S/C28H22N4O6S/c1-36-25-16-18(7-12-24(25)38-14-13-37-21-10-8-20(9-11-21)32(34)35)15-22-26(29)31-23(19-5-3-2-4-6-19)17-39-28(31)30-27(22)33/h2-12,15-17,29H,13-14H2,1H3. The van der Waals surface area contributed by atoms with Crippen molar-refractivity contribution >= 4 is 46.1 Å². The van der Waals surface area contributed by atoms with Crippen molar-refractivity contribution < 1.29 is 23.9 Å². The molecule has 0 fully saturated rings. The van der Waals surface area contributed by atoms with Crippen LogP contribution < -0.4 is 14.2 Å². The molecule has 0 unspecified atom stereocenters. The zero-order valence-electron chi connectivity index (χ0n) is 20.7. The number of nitrogens with one attached hydrogen (secondary N) is 1. The number of carbonyl (C=O) groups excluding carboxylic acids is 1. The van der Waals surface area contributed by atoms with E-state index >= 15 is 0 Å². The second kappa shape index (κ2) is 11.2. The maximum atomic E-state index is 12.8. The summed E-state index contributed by atoms with van der Waals surface area (Å²) < 4.78 is 16.8. The lowest BCUT2D eigenvalue weighted by atomic mass is 10.1. The lowest BCUT2D eigenvalue weighted by Crippen LogP contribution is -2.38. The van der Waals surface area contributed by atoms with E-state index in [0.717, 1.165) is 11.3 Å². The van der Waals surface area contributed by atoms with E-state index in [4.69, 9.17) is 19.6 Å². The van der Waals surface area contributed by atoms with E-state index in [1.807, 2.05) is 35.7 Å². The second-order valence-corrected chi connectivity index (χ2v) is 9.12. The van der Waals surface area contributed by atoms with Crippen molar-refractivity contribution in [1.82, 2.24) is 4.90 Å². The molecule has 39 heavy (non-hydrogen) atoms. The molecule has 1 N–H and O–H groups in total. The van der Waals surface area contributed by atoms with Gasteiger partial charge in [0, 0.05) is 17.5 Å². The van der Waals surface area contributed by atoms with E-state index in [1.165, 1.54) is 43.1 Å². The predicted molar refractivity (Wildman–Crippen MR) is 149 cm³/mol. The maximum absolute atomic E-state index is 12.8. The Hall–Kier alpha value is -4.90. The van der Waals surface area contributed by atoms with Gasteiger partial charge in [-0.1, -0.05) is 48.2 Å². The third-order valence-electron chi connectivity index (χ3n) is 5.84. The molecule has 1 amide bonds. The summed E-state index contributed by atoms with van der Waals surface area (Å²) in [5, 5.41) is 21.9. The molecule has 11 heteroatoms.